The van der Waals surface area contributed by atoms with Gasteiger partial charge in [0.2, 0.25) is 0 Å². The summed E-state index contributed by atoms with van der Waals surface area (Å²) >= 11 is 0. The van der Waals surface area contributed by atoms with Gasteiger partial charge in [0.25, 0.3) is 5.91 Å². The molecule has 4 heteroatoms. The maximum absolute atomic E-state index is 13.7. The molecule has 2 unspecified atom stereocenters. The van der Waals surface area contributed by atoms with Crippen molar-refractivity contribution in [1.82, 2.24) is 10.2 Å². The zero-order chi connectivity index (χ0) is 20.1. The Balaban J connectivity index is 1.79. The van der Waals surface area contributed by atoms with Gasteiger partial charge in [0, 0.05) is 6.04 Å². The summed E-state index contributed by atoms with van der Waals surface area (Å²) in [5.41, 5.74) is 3.65. The molecule has 0 aromatic heterocycles. The Bertz CT molecular complexity index is 931. The first-order chi connectivity index (χ1) is 13.3. The zero-order valence-corrected chi connectivity index (χ0v) is 17.1. The molecule has 2 fully saturated rings. The Hall–Kier alpha value is -2.62. The van der Waals surface area contributed by atoms with Crippen molar-refractivity contribution in [2.45, 2.75) is 52.1 Å². The SMILES string of the molecule is Cc1cccc(-c2cccc(C3(C4CC4)NC(=N)N(C(C)C(C)C)C3=O)c2)c1. The first-order valence-electron chi connectivity index (χ1n) is 10.2. The first kappa shape index (κ1) is 18.7. The largest absolute Gasteiger partial charge is 0.338 e. The maximum atomic E-state index is 13.7. The van der Waals surface area contributed by atoms with Gasteiger partial charge in [-0.3, -0.25) is 15.1 Å². The predicted octanol–water partition coefficient (Wildman–Crippen LogP) is 4.68. The monoisotopic (exact) mass is 375 g/mol. The van der Waals surface area contributed by atoms with Crippen molar-refractivity contribution in [2.75, 3.05) is 0 Å². The van der Waals surface area contributed by atoms with Gasteiger partial charge in [-0.05, 0) is 61.3 Å². The molecular weight excluding hydrogens is 346 g/mol. The topological polar surface area (TPSA) is 56.2 Å². The van der Waals surface area contributed by atoms with Gasteiger partial charge >= 0.3 is 0 Å². The number of amides is 1. The number of nitrogens with one attached hydrogen (secondary N) is 2. The molecule has 2 aromatic carbocycles. The van der Waals surface area contributed by atoms with Crippen molar-refractivity contribution in [1.29, 1.82) is 5.41 Å². The number of aryl methyl sites for hydroxylation is 1. The molecule has 28 heavy (non-hydrogen) atoms. The molecule has 2 atom stereocenters. The summed E-state index contributed by atoms with van der Waals surface area (Å²) in [7, 11) is 0. The van der Waals surface area contributed by atoms with E-state index in [9.17, 15) is 4.79 Å². The zero-order valence-electron chi connectivity index (χ0n) is 17.1. The van der Waals surface area contributed by atoms with Crippen molar-refractivity contribution in [3.63, 3.8) is 0 Å². The van der Waals surface area contributed by atoms with E-state index in [1.54, 1.807) is 4.90 Å². The van der Waals surface area contributed by atoms with E-state index in [1.165, 1.54) is 5.56 Å². The molecule has 0 spiro atoms. The summed E-state index contributed by atoms with van der Waals surface area (Å²) in [6.45, 7) is 8.32. The van der Waals surface area contributed by atoms with E-state index in [-0.39, 0.29) is 23.8 Å². The van der Waals surface area contributed by atoms with Gasteiger partial charge in [0.15, 0.2) is 5.96 Å². The molecule has 0 bridgehead atoms. The van der Waals surface area contributed by atoms with Crippen LogP contribution >= 0.6 is 0 Å². The molecular formula is C24H29N3O. The number of carbonyl (C=O) groups is 1. The van der Waals surface area contributed by atoms with Crippen LogP contribution in [0.4, 0.5) is 0 Å². The van der Waals surface area contributed by atoms with Gasteiger partial charge in [-0.1, -0.05) is 61.9 Å². The standard InChI is InChI=1S/C24H29N3O/c1-15(2)17(4)27-22(28)24(20-11-12-20,26-23(27)25)21-10-6-9-19(14-21)18-8-5-7-16(3)13-18/h5-10,13-15,17,20H,11-12H2,1-4H3,(H2,25,26). The Kier molecular flexibility index (Phi) is 4.53. The number of rotatable bonds is 5. The molecule has 1 amide bonds. The van der Waals surface area contributed by atoms with Crippen LogP contribution < -0.4 is 5.32 Å². The average Bonchev–Trinajstić information content (AvgIpc) is 3.48. The van der Waals surface area contributed by atoms with Crippen LogP contribution in [0.25, 0.3) is 11.1 Å². The lowest BCUT2D eigenvalue weighted by molar-refractivity contribution is -0.134. The van der Waals surface area contributed by atoms with E-state index in [0.29, 0.717) is 5.92 Å². The molecule has 0 radical (unpaired) electrons. The Labute approximate surface area is 167 Å². The minimum atomic E-state index is -0.805. The van der Waals surface area contributed by atoms with E-state index < -0.39 is 5.54 Å². The fourth-order valence-electron chi connectivity index (χ4n) is 4.27. The highest BCUT2D eigenvalue weighted by molar-refractivity contribution is 6.09. The van der Waals surface area contributed by atoms with Crippen molar-refractivity contribution in [3.8, 4) is 11.1 Å². The quantitative estimate of drug-likeness (QED) is 0.797. The van der Waals surface area contributed by atoms with Gasteiger partial charge in [0.1, 0.15) is 5.54 Å². The summed E-state index contributed by atoms with van der Waals surface area (Å²) in [6, 6.07) is 16.7. The van der Waals surface area contributed by atoms with Crippen molar-refractivity contribution in [2.24, 2.45) is 11.8 Å². The van der Waals surface area contributed by atoms with Gasteiger partial charge in [-0.15, -0.1) is 0 Å². The van der Waals surface area contributed by atoms with E-state index >= 15 is 0 Å². The third-order valence-electron chi connectivity index (χ3n) is 6.34. The van der Waals surface area contributed by atoms with Crippen LogP contribution in [0.3, 0.4) is 0 Å². The van der Waals surface area contributed by atoms with Crippen LogP contribution in [0.1, 0.15) is 44.7 Å². The summed E-state index contributed by atoms with van der Waals surface area (Å²) in [5.74, 6) is 0.804. The molecule has 2 aliphatic rings. The predicted molar refractivity (Wildman–Crippen MR) is 113 cm³/mol. The molecule has 1 saturated carbocycles. The van der Waals surface area contributed by atoms with Crippen LogP contribution in [0, 0.1) is 24.2 Å². The molecule has 1 aliphatic carbocycles. The maximum Gasteiger partial charge on any atom is 0.260 e. The van der Waals surface area contributed by atoms with E-state index in [1.807, 2.05) is 19.1 Å². The number of benzene rings is 2. The molecule has 4 nitrogen and oxygen atoms in total. The minimum absolute atomic E-state index is 0.00641. The van der Waals surface area contributed by atoms with Crippen molar-refractivity contribution in [3.05, 3.63) is 59.7 Å². The first-order valence-corrected chi connectivity index (χ1v) is 10.2. The number of hydrogen-bond acceptors (Lipinski definition) is 2. The van der Waals surface area contributed by atoms with Gasteiger partial charge < -0.3 is 5.32 Å². The third kappa shape index (κ3) is 2.92. The number of guanidine groups is 1. The van der Waals surface area contributed by atoms with Gasteiger partial charge in [-0.2, -0.15) is 0 Å². The van der Waals surface area contributed by atoms with Crippen LogP contribution in [-0.4, -0.2) is 22.8 Å². The van der Waals surface area contributed by atoms with Crippen LogP contribution in [0.2, 0.25) is 0 Å². The highest BCUT2D eigenvalue weighted by atomic mass is 16.2. The van der Waals surface area contributed by atoms with Crippen LogP contribution in [0.15, 0.2) is 48.5 Å². The van der Waals surface area contributed by atoms with Gasteiger partial charge in [0.05, 0.1) is 0 Å². The Morgan fingerprint density at radius 3 is 2.32 bits per heavy atom. The number of carbonyl (C=O) groups excluding carboxylic acids is 1. The Morgan fingerprint density at radius 2 is 1.71 bits per heavy atom. The number of nitrogens with zero attached hydrogens (tertiary/aromatic N) is 1. The third-order valence-corrected chi connectivity index (χ3v) is 6.34. The second-order valence-corrected chi connectivity index (χ2v) is 8.67. The highest BCUT2D eigenvalue weighted by Gasteiger charge is 2.59. The second-order valence-electron chi connectivity index (χ2n) is 8.67. The smallest absolute Gasteiger partial charge is 0.260 e. The minimum Gasteiger partial charge on any atom is -0.338 e. The second kappa shape index (κ2) is 6.77. The molecule has 1 heterocycles. The molecule has 146 valence electrons. The molecule has 4 rings (SSSR count). The molecule has 1 saturated heterocycles. The average molecular weight is 376 g/mol. The normalized spacial score (nSPS) is 23.2. The summed E-state index contributed by atoms with van der Waals surface area (Å²) in [5, 5.41) is 11.9. The fraction of sp³-hybridized carbons (Fsp3) is 0.417. The van der Waals surface area contributed by atoms with E-state index in [4.69, 9.17) is 5.41 Å². The molecule has 2 aromatic rings. The van der Waals surface area contributed by atoms with Crippen molar-refractivity contribution < 1.29 is 4.79 Å². The lowest BCUT2D eigenvalue weighted by atomic mass is 9.83. The van der Waals surface area contributed by atoms with Crippen LogP contribution in [0.5, 0.6) is 0 Å². The summed E-state index contributed by atoms with van der Waals surface area (Å²) < 4.78 is 0. The molecule has 2 N–H and O–H groups in total. The van der Waals surface area contributed by atoms with E-state index in [0.717, 1.165) is 29.5 Å². The van der Waals surface area contributed by atoms with E-state index in [2.05, 4.69) is 62.5 Å². The van der Waals surface area contributed by atoms with Gasteiger partial charge in [-0.25, -0.2) is 0 Å². The summed E-state index contributed by atoms with van der Waals surface area (Å²) in [6.07, 6.45) is 2.04. The lowest BCUT2D eigenvalue weighted by Crippen LogP contribution is -2.47. The van der Waals surface area contributed by atoms with Crippen molar-refractivity contribution >= 4 is 11.9 Å². The number of hydrogen-bond donors (Lipinski definition) is 2. The lowest BCUT2D eigenvalue weighted by Gasteiger charge is -2.30. The summed E-state index contributed by atoms with van der Waals surface area (Å²) in [4.78, 5) is 15.4. The van der Waals surface area contributed by atoms with Crippen LogP contribution in [-0.2, 0) is 10.3 Å². The molecule has 1 aliphatic heterocycles. The fourth-order valence-corrected chi connectivity index (χ4v) is 4.27. The highest BCUT2D eigenvalue weighted by Crippen LogP contribution is 2.49. The Morgan fingerprint density at radius 1 is 1.07 bits per heavy atom.